The van der Waals surface area contributed by atoms with E-state index in [4.69, 9.17) is 10.00 Å². The summed E-state index contributed by atoms with van der Waals surface area (Å²) in [6, 6.07) is 9.80. The standard InChI is InChI=1S/C15H17NO2/c1-10(7-13-8-14(13)15(17)18-2)12-5-3-11(9-16)4-6-12/h3-6,10,13-14H,7-8H2,1-2H3. The molecule has 0 bridgehead atoms. The van der Waals surface area contributed by atoms with E-state index in [1.165, 1.54) is 12.7 Å². The van der Waals surface area contributed by atoms with Gasteiger partial charge in [-0.1, -0.05) is 19.1 Å². The zero-order valence-corrected chi connectivity index (χ0v) is 10.7. The van der Waals surface area contributed by atoms with Gasteiger partial charge >= 0.3 is 5.97 Å². The number of nitrogens with zero attached hydrogens (tertiary/aromatic N) is 1. The molecule has 0 aromatic heterocycles. The minimum atomic E-state index is -0.0768. The number of carbonyl (C=O) groups is 1. The Morgan fingerprint density at radius 3 is 2.72 bits per heavy atom. The summed E-state index contributed by atoms with van der Waals surface area (Å²) >= 11 is 0. The Hall–Kier alpha value is -1.82. The lowest BCUT2D eigenvalue weighted by Gasteiger charge is -2.11. The van der Waals surface area contributed by atoms with Crippen molar-refractivity contribution in [2.45, 2.75) is 25.7 Å². The molecular weight excluding hydrogens is 226 g/mol. The Morgan fingerprint density at radius 1 is 1.50 bits per heavy atom. The number of hydrogen-bond donors (Lipinski definition) is 0. The molecule has 1 fully saturated rings. The van der Waals surface area contributed by atoms with Crippen molar-refractivity contribution < 1.29 is 9.53 Å². The van der Waals surface area contributed by atoms with Crippen LogP contribution in [0.2, 0.25) is 0 Å². The first kappa shape index (κ1) is 12.6. The maximum Gasteiger partial charge on any atom is 0.308 e. The van der Waals surface area contributed by atoms with Crippen LogP contribution in [-0.4, -0.2) is 13.1 Å². The van der Waals surface area contributed by atoms with E-state index in [0.717, 1.165) is 12.8 Å². The highest BCUT2D eigenvalue weighted by Crippen LogP contribution is 2.45. The maximum absolute atomic E-state index is 11.3. The van der Waals surface area contributed by atoms with E-state index in [2.05, 4.69) is 13.0 Å². The van der Waals surface area contributed by atoms with Crippen molar-refractivity contribution in [3.63, 3.8) is 0 Å². The SMILES string of the molecule is COC(=O)C1CC1CC(C)c1ccc(C#N)cc1. The average Bonchev–Trinajstić information content (AvgIpc) is 3.17. The second kappa shape index (κ2) is 5.22. The highest BCUT2D eigenvalue weighted by molar-refractivity contribution is 5.75. The van der Waals surface area contributed by atoms with Crippen LogP contribution in [0.1, 0.15) is 36.8 Å². The van der Waals surface area contributed by atoms with Crippen LogP contribution < -0.4 is 0 Å². The number of nitriles is 1. The number of hydrogen-bond acceptors (Lipinski definition) is 3. The molecule has 0 radical (unpaired) electrons. The lowest BCUT2D eigenvalue weighted by atomic mass is 9.94. The summed E-state index contributed by atoms with van der Waals surface area (Å²) in [5.41, 5.74) is 1.91. The second-order valence-electron chi connectivity index (χ2n) is 5.00. The van der Waals surface area contributed by atoms with Gasteiger partial charge in [-0.15, -0.1) is 0 Å². The van der Waals surface area contributed by atoms with Crippen LogP contribution in [0.5, 0.6) is 0 Å². The van der Waals surface area contributed by atoms with Crippen LogP contribution in [0.3, 0.4) is 0 Å². The highest BCUT2D eigenvalue weighted by Gasteiger charge is 2.44. The molecule has 3 atom stereocenters. The molecule has 0 spiro atoms. The normalized spacial score (nSPS) is 22.9. The highest BCUT2D eigenvalue weighted by atomic mass is 16.5. The molecule has 3 nitrogen and oxygen atoms in total. The summed E-state index contributed by atoms with van der Waals surface area (Å²) in [7, 11) is 1.45. The van der Waals surface area contributed by atoms with Gasteiger partial charge in [0, 0.05) is 0 Å². The third kappa shape index (κ3) is 2.70. The van der Waals surface area contributed by atoms with E-state index < -0.39 is 0 Å². The van der Waals surface area contributed by atoms with Crippen molar-refractivity contribution in [3.05, 3.63) is 35.4 Å². The number of esters is 1. The first-order valence-corrected chi connectivity index (χ1v) is 6.23. The molecule has 1 aromatic carbocycles. The Morgan fingerprint density at radius 2 is 2.17 bits per heavy atom. The number of ether oxygens (including phenoxy) is 1. The molecule has 3 unspecified atom stereocenters. The summed E-state index contributed by atoms with van der Waals surface area (Å²) in [4.78, 5) is 11.3. The predicted octanol–water partition coefficient (Wildman–Crippen LogP) is 2.86. The number of rotatable bonds is 4. The molecule has 0 aliphatic heterocycles. The van der Waals surface area contributed by atoms with E-state index in [9.17, 15) is 4.79 Å². The van der Waals surface area contributed by atoms with E-state index in [1.807, 2.05) is 24.3 Å². The summed E-state index contributed by atoms with van der Waals surface area (Å²) in [5.74, 6) is 0.906. The van der Waals surface area contributed by atoms with E-state index in [0.29, 0.717) is 17.4 Å². The van der Waals surface area contributed by atoms with Gasteiger partial charge in [0.05, 0.1) is 24.7 Å². The van der Waals surface area contributed by atoms with E-state index in [1.54, 1.807) is 0 Å². The molecule has 0 saturated heterocycles. The van der Waals surface area contributed by atoms with Crippen molar-refractivity contribution >= 4 is 5.97 Å². The molecule has 0 heterocycles. The first-order chi connectivity index (χ1) is 8.65. The monoisotopic (exact) mass is 243 g/mol. The van der Waals surface area contributed by atoms with Crippen LogP contribution in [0.4, 0.5) is 0 Å². The van der Waals surface area contributed by atoms with Crippen LogP contribution in [0.25, 0.3) is 0 Å². The van der Waals surface area contributed by atoms with Gasteiger partial charge in [-0.3, -0.25) is 4.79 Å². The van der Waals surface area contributed by atoms with Gasteiger partial charge < -0.3 is 4.74 Å². The Labute approximate surface area is 107 Å². The van der Waals surface area contributed by atoms with Gasteiger partial charge in [-0.25, -0.2) is 0 Å². The van der Waals surface area contributed by atoms with E-state index >= 15 is 0 Å². The largest absolute Gasteiger partial charge is 0.469 e. The fraction of sp³-hybridized carbons (Fsp3) is 0.467. The van der Waals surface area contributed by atoms with Crippen LogP contribution >= 0.6 is 0 Å². The zero-order chi connectivity index (χ0) is 13.1. The Balaban J connectivity index is 1.91. The summed E-state index contributed by atoms with van der Waals surface area (Å²) < 4.78 is 4.75. The van der Waals surface area contributed by atoms with Crippen molar-refractivity contribution in [3.8, 4) is 6.07 Å². The van der Waals surface area contributed by atoms with Crippen LogP contribution in [0, 0.1) is 23.2 Å². The molecule has 1 aromatic rings. The van der Waals surface area contributed by atoms with Crippen molar-refractivity contribution in [1.29, 1.82) is 5.26 Å². The molecule has 2 rings (SSSR count). The molecule has 1 saturated carbocycles. The number of benzene rings is 1. The molecular formula is C15H17NO2. The number of carbonyl (C=O) groups excluding carboxylic acids is 1. The first-order valence-electron chi connectivity index (χ1n) is 6.23. The lowest BCUT2D eigenvalue weighted by Crippen LogP contribution is -2.05. The van der Waals surface area contributed by atoms with E-state index in [-0.39, 0.29) is 11.9 Å². The molecule has 0 N–H and O–H groups in total. The average molecular weight is 243 g/mol. The van der Waals surface area contributed by atoms with Gasteiger partial charge in [-0.2, -0.15) is 5.26 Å². The summed E-state index contributed by atoms with van der Waals surface area (Å²) in [6.07, 6.45) is 1.96. The third-order valence-corrected chi connectivity index (χ3v) is 3.69. The lowest BCUT2D eigenvalue weighted by molar-refractivity contribution is -0.142. The van der Waals surface area contributed by atoms with Gasteiger partial charge in [-0.05, 0) is 42.4 Å². The fourth-order valence-electron chi connectivity index (χ4n) is 2.42. The minimum Gasteiger partial charge on any atom is -0.469 e. The van der Waals surface area contributed by atoms with Gasteiger partial charge in [0.1, 0.15) is 0 Å². The fourth-order valence-corrected chi connectivity index (χ4v) is 2.42. The second-order valence-corrected chi connectivity index (χ2v) is 5.00. The third-order valence-electron chi connectivity index (χ3n) is 3.69. The Bertz CT molecular complexity index is 472. The molecule has 3 heteroatoms. The number of methoxy groups -OCH3 is 1. The van der Waals surface area contributed by atoms with Crippen molar-refractivity contribution in [1.82, 2.24) is 0 Å². The maximum atomic E-state index is 11.3. The van der Waals surface area contributed by atoms with Crippen molar-refractivity contribution in [2.24, 2.45) is 11.8 Å². The van der Waals surface area contributed by atoms with Gasteiger partial charge in [0.25, 0.3) is 0 Å². The molecule has 94 valence electrons. The van der Waals surface area contributed by atoms with Gasteiger partial charge in [0.2, 0.25) is 0 Å². The summed E-state index contributed by atoms with van der Waals surface area (Å²) in [5, 5.41) is 8.74. The molecule has 18 heavy (non-hydrogen) atoms. The molecule has 1 aliphatic rings. The van der Waals surface area contributed by atoms with Crippen molar-refractivity contribution in [2.75, 3.05) is 7.11 Å². The molecule has 0 amide bonds. The van der Waals surface area contributed by atoms with Gasteiger partial charge in [0.15, 0.2) is 0 Å². The quantitative estimate of drug-likeness (QED) is 0.764. The summed E-state index contributed by atoms with van der Waals surface area (Å²) in [6.45, 7) is 2.16. The predicted molar refractivity (Wildman–Crippen MR) is 67.8 cm³/mol. The smallest absolute Gasteiger partial charge is 0.308 e. The topological polar surface area (TPSA) is 50.1 Å². The zero-order valence-electron chi connectivity index (χ0n) is 10.7. The van der Waals surface area contributed by atoms with Crippen LogP contribution in [-0.2, 0) is 9.53 Å². The van der Waals surface area contributed by atoms with Crippen LogP contribution in [0.15, 0.2) is 24.3 Å². The molecule has 1 aliphatic carbocycles. The Kier molecular flexibility index (Phi) is 3.66. The minimum absolute atomic E-state index is 0.0768.